The fraction of sp³-hybridized carbons (Fsp3) is 0.632. The quantitative estimate of drug-likeness (QED) is 0.759. The molecule has 0 bridgehead atoms. The van der Waals surface area contributed by atoms with E-state index in [-0.39, 0.29) is 28.9 Å². The Morgan fingerprint density at radius 1 is 1.12 bits per heavy atom. The molecule has 0 unspecified atom stereocenters. The number of benzene rings is 1. The van der Waals surface area contributed by atoms with Gasteiger partial charge in [-0.05, 0) is 42.5 Å². The lowest BCUT2D eigenvalue weighted by Crippen LogP contribution is -2.36. The number of nitrogens with one attached hydrogen (secondary N) is 2. The Balaban J connectivity index is 1.86. The molecule has 0 aliphatic heterocycles. The number of ether oxygens (including phenoxy) is 1. The molecule has 1 aromatic carbocycles. The molecule has 6 nitrogen and oxygen atoms in total. The van der Waals surface area contributed by atoms with Crippen molar-refractivity contribution in [3.8, 4) is 5.75 Å². The van der Waals surface area contributed by atoms with Gasteiger partial charge >= 0.3 is 0 Å². The highest BCUT2D eigenvalue weighted by Gasteiger charge is 2.21. The topological polar surface area (TPSA) is 84.5 Å². The first-order chi connectivity index (χ1) is 12.2. The summed E-state index contributed by atoms with van der Waals surface area (Å²) < 4.78 is 33.1. The first-order valence-corrected chi connectivity index (χ1v) is 10.7. The van der Waals surface area contributed by atoms with E-state index in [0.29, 0.717) is 12.3 Å². The van der Waals surface area contributed by atoms with Crippen LogP contribution in [-0.2, 0) is 14.8 Å². The van der Waals surface area contributed by atoms with Crippen LogP contribution in [0.15, 0.2) is 29.2 Å². The van der Waals surface area contributed by atoms with E-state index in [2.05, 4.69) is 10.0 Å². The summed E-state index contributed by atoms with van der Waals surface area (Å²) in [4.78, 5) is 12.0. The molecule has 0 radical (unpaired) electrons. The maximum Gasteiger partial charge on any atom is 0.257 e. The van der Waals surface area contributed by atoms with Gasteiger partial charge in [0.2, 0.25) is 10.0 Å². The smallest absolute Gasteiger partial charge is 0.257 e. The summed E-state index contributed by atoms with van der Waals surface area (Å²) in [6, 6.07) is 6.19. The molecule has 0 heterocycles. The van der Waals surface area contributed by atoms with E-state index in [0.717, 1.165) is 25.7 Å². The summed E-state index contributed by atoms with van der Waals surface area (Å²) >= 11 is 0. The van der Waals surface area contributed by atoms with Gasteiger partial charge in [0.25, 0.3) is 5.91 Å². The van der Waals surface area contributed by atoms with Crippen molar-refractivity contribution >= 4 is 15.9 Å². The van der Waals surface area contributed by atoms with Crippen LogP contribution in [0.1, 0.15) is 52.9 Å². The van der Waals surface area contributed by atoms with Crippen molar-refractivity contribution in [3.05, 3.63) is 24.3 Å². The van der Waals surface area contributed by atoms with Gasteiger partial charge in [-0.2, -0.15) is 0 Å². The van der Waals surface area contributed by atoms with Crippen molar-refractivity contribution in [3.63, 3.8) is 0 Å². The minimum absolute atomic E-state index is 0.0109. The molecule has 1 aliphatic carbocycles. The van der Waals surface area contributed by atoms with Crippen molar-refractivity contribution in [1.29, 1.82) is 0 Å². The maximum absolute atomic E-state index is 12.4. The van der Waals surface area contributed by atoms with Gasteiger partial charge in [-0.25, -0.2) is 13.1 Å². The molecular formula is C19H30N2O4S. The Morgan fingerprint density at radius 3 is 2.31 bits per heavy atom. The molecule has 1 saturated carbocycles. The summed E-state index contributed by atoms with van der Waals surface area (Å²) in [5, 5.41) is 2.80. The van der Waals surface area contributed by atoms with Crippen LogP contribution in [0.25, 0.3) is 0 Å². The number of carbonyl (C=O) groups excluding carboxylic acids is 1. The van der Waals surface area contributed by atoms with Crippen LogP contribution >= 0.6 is 0 Å². The second-order valence-corrected chi connectivity index (χ2v) is 9.77. The predicted octanol–water partition coefficient (Wildman–Crippen LogP) is 2.84. The largest absolute Gasteiger partial charge is 0.484 e. The molecule has 1 aromatic rings. The summed E-state index contributed by atoms with van der Waals surface area (Å²) in [6.07, 6.45) is 5.09. The fourth-order valence-electron chi connectivity index (χ4n) is 2.79. The van der Waals surface area contributed by atoms with E-state index in [9.17, 15) is 13.2 Å². The Hall–Kier alpha value is -1.60. The van der Waals surface area contributed by atoms with Crippen LogP contribution in [-0.4, -0.2) is 33.5 Å². The number of hydrogen-bond acceptors (Lipinski definition) is 4. The Morgan fingerprint density at radius 2 is 1.73 bits per heavy atom. The van der Waals surface area contributed by atoms with Gasteiger partial charge in [0.15, 0.2) is 6.61 Å². The SMILES string of the molecule is CC(C)(C)CNC(=O)COc1ccc(S(=O)(=O)NC2CCCCC2)cc1. The molecule has 0 atom stereocenters. The number of hydrogen-bond donors (Lipinski definition) is 2. The van der Waals surface area contributed by atoms with E-state index in [1.807, 2.05) is 20.8 Å². The zero-order valence-electron chi connectivity index (χ0n) is 15.9. The lowest BCUT2D eigenvalue weighted by Gasteiger charge is -2.22. The molecule has 7 heteroatoms. The predicted molar refractivity (Wildman–Crippen MR) is 102 cm³/mol. The fourth-order valence-corrected chi connectivity index (χ4v) is 4.09. The summed E-state index contributed by atoms with van der Waals surface area (Å²) in [5.74, 6) is 0.267. The van der Waals surface area contributed by atoms with Crippen molar-refractivity contribution in [2.45, 2.75) is 63.8 Å². The van der Waals surface area contributed by atoms with Crippen LogP contribution in [0.3, 0.4) is 0 Å². The number of sulfonamides is 1. The van der Waals surface area contributed by atoms with Crippen LogP contribution in [0.4, 0.5) is 0 Å². The van der Waals surface area contributed by atoms with Crippen molar-refractivity contribution in [2.24, 2.45) is 5.41 Å². The normalized spacial score (nSPS) is 16.3. The van der Waals surface area contributed by atoms with Crippen molar-refractivity contribution < 1.29 is 17.9 Å². The Kier molecular flexibility index (Phi) is 7.06. The summed E-state index contributed by atoms with van der Waals surface area (Å²) in [7, 11) is -3.52. The molecule has 1 aliphatic rings. The number of amides is 1. The van der Waals surface area contributed by atoms with E-state index >= 15 is 0 Å². The first-order valence-electron chi connectivity index (χ1n) is 9.18. The van der Waals surface area contributed by atoms with Crippen LogP contribution in [0.2, 0.25) is 0 Å². The highest BCUT2D eigenvalue weighted by Crippen LogP contribution is 2.21. The molecule has 2 N–H and O–H groups in total. The average Bonchev–Trinajstić information content (AvgIpc) is 2.58. The lowest BCUT2D eigenvalue weighted by molar-refractivity contribution is -0.123. The van der Waals surface area contributed by atoms with Gasteiger partial charge < -0.3 is 10.1 Å². The van der Waals surface area contributed by atoms with Crippen LogP contribution < -0.4 is 14.8 Å². The molecule has 1 amide bonds. The molecule has 26 heavy (non-hydrogen) atoms. The highest BCUT2D eigenvalue weighted by molar-refractivity contribution is 7.89. The average molecular weight is 383 g/mol. The molecule has 1 fully saturated rings. The minimum atomic E-state index is -3.52. The number of carbonyl (C=O) groups is 1. The van der Waals surface area contributed by atoms with Crippen LogP contribution in [0, 0.1) is 5.41 Å². The summed E-state index contributed by atoms with van der Waals surface area (Å²) in [5.41, 5.74) is 0.0109. The standard InChI is InChI=1S/C19H30N2O4S/c1-19(2,3)14-20-18(22)13-25-16-9-11-17(12-10-16)26(23,24)21-15-7-5-4-6-8-15/h9-12,15,21H,4-8,13-14H2,1-3H3,(H,20,22). The zero-order chi connectivity index (χ0) is 19.2. The van der Waals surface area contributed by atoms with Crippen molar-refractivity contribution in [2.75, 3.05) is 13.2 Å². The molecule has 0 saturated heterocycles. The van der Waals surface area contributed by atoms with Gasteiger partial charge in [-0.3, -0.25) is 4.79 Å². The second kappa shape index (κ2) is 8.86. The minimum Gasteiger partial charge on any atom is -0.484 e. The Bertz CT molecular complexity index is 687. The van der Waals surface area contributed by atoms with Crippen molar-refractivity contribution in [1.82, 2.24) is 10.0 Å². The molecule has 2 rings (SSSR count). The van der Waals surface area contributed by atoms with E-state index in [1.54, 1.807) is 12.1 Å². The van der Waals surface area contributed by atoms with Gasteiger partial charge in [-0.1, -0.05) is 40.0 Å². The maximum atomic E-state index is 12.4. The third-order valence-electron chi connectivity index (χ3n) is 4.25. The van der Waals surface area contributed by atoms with E-state index in [1.165, 1.54) is 18.6 Å². The molecular weight excluding hydrogens is 352 g/mol. The van der Waals surface area contributed by atoms with Gasteiger partial charge in [0.05, 0.1) is 4.90 Å². The van der Waals surface area contributed by atoms with Gasteiger partial charge in [0, 0.05) is 12.6 Å². The lowest BCUT2D eigenvalue weighted by atomic mass is 9.96. The van der Waals surface area contributed by atoms with Gasteiger partial charge in [0.1, 0.15) is 5.75 Å². The van der Waals surface area contributed by atoms with E-state index in [4.69, 9.17) is 4.74 Å². The third kappa shape index (κ3) is 6.96. The molecule has 0 aromatic heterocycles. The highest BCUT2D eigenvalue weighted by atomic mass is 32.2. The van der Waals surface area contributed by atoms with Crippen LogP contribution in [0.5, 0.6) is 5.75 Å². The third-order valence-corrected chi connectivity index (χ3v) is 5.78. The van der Waals surface area contributed by atoms with E-state index < -0.39 is 10.0 Å². The molecule has 0 spiro atoms. The zero-order valence-corrected chi connectivity index (χ0v) is 16.7. The number of rotatable bonds is 7. The molecule has 146 valence electrons. The monoisotopic (exact) mass is 382 g/mol. The second-order valence-electron chi connectivity index (χ2n) is 8.05. The Labute approximate surface area is 156 Å². The summed E-state index contributed by atoms with van der Waals surface area (Å²) in [6.45, 7) is 6.58. The first kappa shape index (κ1) is 20.7. The van der Waals surface area contributed by atoms with Gasteiger partial charge in [-0.15, -0.1) is 0 Å².